The summed E-state index contributed by atoms with van der Waals surface area (Å²) in [7, 11) is 1.09. The number of unbranched alkanes of at least 4 members (excludes halogenated alkanes) is 1. The first kappa shape index (κ1) is 27.5. The van der Waals surface area contributed by atoms with Crippen LogP contribution in [0, 0.1) is 5.41 Å². The van der Waals surface area contributed by atoms with Crippen LogP contribution in [0.2, 0.25) is 32.2 Å². The Morgan fingerprint density at radius 1 is 0.880 bits per heavy atom. The van der Waals surface area contributed by atoms with Crippen LogP contribution in [-0.4, -0.2) is 58.0 Å². The van der Waals surface area contributed by atoms with Crippen LogP contribution in [0.15, 0.2) is 0 Å². The van der Waals surface area contributed by atoms with Gasteiger partial charge in [0.1, 0.15) is 0 Å². The largest absolute Gasteiger partial charge is 0.458 e. The summed E-state index contributed by atoms with van der Waals surface area (Å²) in [4.78, 5) is 0. The fraction of sp³-hybridized carbons (Fsp3) is 1.00. The van der Waals surface area contributed by atoms with E-state index in [-0.39, 0.29) is 5.41 Å². The van der Waals surface area contributed by atoms with Gasteiger partial charge < -0.3 is 18.3 Å². The lowest BCUT2D eigenvalue weighted by Crippen LogP contribution is -2.37. The first-order valence-electron chi connectivity index (χ1n) is 9.95. The van der Waals surface area contributed by atoms with Crippen molar-refractivity contribution in [3.8, 4) is 0 Å². The number of ether oxygens (including phenoxy) is 3. The molecule has 4 nitrogen and oxygen atoms in total. The molecule has 0 atom stereocenters. The van der Waals surface area contributed by atoms with Crippen LogP contribution in [0.3, 0.4) is 0 Å². The summed E-state index contributed by atoms with van der Waals surface area (Å²) in [6.45, 7) is 18.5. The van der Waals surface area contributed by atoms with Crippen molar-refractivity contribution in [3.63, 3.8) is 0 Å². The van der Waals surface area contributed by atoms with Crippen molar-refractivity contribution < 1.29 is 18.3 Å². The predicted molar refractivity (Wildman–Crippen MR) is 115 cm³/mol. The minimum atomic E-state index is -1.47. The van der Waals surface area contributed by atoms with Crippen molar-refractivity contribution in [1.29, 1.82) is 0 Å². The van der Waals surface area contributed by atoms with E-state index < -0.39 is 17.4 Å². The van der Waals surface area contributed by atoms with E-state index >= 15 is 0 Å². The summed E-state index contributed by atoms with van der Waals surface area (Å²) in [5.74, 6) is 0. The number of hydrogen-bond donors (Lipinski definition) is 0. The molecular weight excluding hydrogens is 348 g/mol. The van der Waals surface area contributed by atoms with Crippen LogP contribution in [-0.2, 0) is 18.3 Å². The van der Waals surface area contributed by atoms with Crippen molar-refractivity contribution in [1.82, 2.24) is 0 Å². The molecule has 0 bridgehead atoms. The fourth-order valence-electron chi connectivity index (χ4n) is 2.63. The van der Waals surface area contributed by atoms with Crippen molar-refractivity contribution >= 4 is 17.4 Å². The second-order valence-electron chi connectivity index (χ2n) is 7.80. The molecule has 0 aliphatic heterocycles. The Bertz CT molecular complexity index is 279. The first-order valence-corrected chi connectivity index (χ1v) is 15.9. The first-order chi connectivity index (χ1) is 11.7. The van der Waals surface area contributed by atoms with Gasteiger partial charge in [0.15, 0.2) is 17.4 Å². The van der Waals surface area contributed by atoms with E-state index in [1.165, 1.54) is 18.9 Å². The fourth-order valence-corrected chi connectivity index (χ4v) is 9.20. The Morgan fingerprint density at radius 3 is 1.76 bits per heavy atom. The van der Waals surface area contributed by atoms with Crippen molar-refractivity contribution in [3.05, 3.63) is 0 Å². The summed E-state index contributed by atoms with van der Waals surface area (Å²) in [6, 6.07) is 1.17. The highest BCUT2D eigenvalue weighted by Crippen LogP contribution is 2.24. The van der Waals surface area contributed by atoms with Gasteiger partial charge in [-0.1, -0.05) is 33.6 Å². The van der Waals surface area contributed by atoms with E-state index in [9.17, 15) is 0 Å². The summed E-state index contributed by atoms with van der Waals surface area (Å²) in [5, 5.41) is 0. The second-order valence-corrected chi connectivity index (χ2v) is 14.9. The summed E-state index contributed by atoms with van der Waals surface area (Å²) in [5.41, 5.74) is -0.0161. The van der Waals surface area contributed by atoms with Gasteiger partial charge in [-0.3, -0.25) is 0 Å². The standard InChI is InChI=1S/C15H36O4Si2.C4H10/c1-8-15(12-16-2,13-17-3)14-18-10-9-11-21(6,7)19-20(4)5;1-3-4-2/h20H,8-14H2,1-7H3;3-4H2,1-2H3. The zero-order valence-electron chi connectivity index (χ0n) is 18.6. The molecule has 25 heavy (non-hydrogen) atoms. The van der Waals surface area contributed by atoms with Gasteiger partial charge in [-0.05, 0) is 45.1 Å². The Hall–Kier alpha value is 0.274. The molecule has 0 aromatic rings. The highest BCUT2D eigenvalue weighted by Gasteiger charge is 2.29. The maximum Gasteiger partial charge on any atom is 0.173 e. The summed E-state index contributed by atoms with van der Waals surface area (Å²) < 4.78 is 22.8. The summed E-state index contributed by atoms with van der Waals surface area (Å²) in [6.07, 6.45) is 4.72. The lowest BCUT2D eigenvalue weighted by molar-refractivity contribution is -0.0521. The average Bonchev–Trinajstić information content (AvgIpc) is 2.53. The number of rotatable bonds is 14. The van der Waals surface area contributed by atoms with Gasteiger partial charge in [0, 0.05) is 26.2 Å². The zero-order chi connectivity index (χ0) is 19.8. The minimum Gasteiger partial charge on any atom is -0.458 e. The number of methoxy groups -OCH3 is 2. The van der Waals surface area contributed by atoms with Crippen LogP contribution in [0.1, 0.15) is 46.5 Å². The predicted octanol–water partition coefficient (Wildman–Crippen LogP) is 5.09. The number of hydrogen-bond acceptors (Lipinski definition) is 4. The molecule has 154 valence electrons. The summed E-state index contributed by atoms with van der Waals surface area (Å²) >= 11 is 0. The molecule has 0 rings (SSSR count). The van der Waals surface area contributed by atoms with Gasteiger partial charge in [-0.2, -0.15) is 0 Å². The van der Waals surface area contributed by atoms with Gasteiger partial charge >= 0.3 is 0 Å². The monoisotopic (exact) mass is 394 g/mol. The third kappa shape index (κ3) is 16.2. The Balaban J connectivity index is 0. The van der Waals surface area contributed by atoms with E-state index in [4.69, 9.17) is 18.3 Å². The molecule has 0 spiro atoms. The Kier molecular flexibility index (Phi) is 18.1. The third-order valence-corrected chi connectivity index (χ3v) is 10.2. The molecule has 0 aromatic heterocycles. The molecule has 0 saturated heterocycles. The van der Waals surface area contributed by atoms with Gasteiger partial charge in [0.25, 0.3) is 0 Å². The Labute approximate surface area is 160 Å². The van der Waals surface area contributed by atoms with Crippen LogP contribution in [0.25, 0.3) is 0 Å². The van der Waals surface area contributed by atoms with Gasteiger partial charge in [-0.25, -0.2) is 0 Å². The second kappa shape index (κ2) is 16.4. The molecule has 0 aliphatic rings. The maximum absolute atomic E-state index is 6.17. The van der Waals surface area contributed by atoms with E-state index in [0.29, 0.717) is 19.8 Å². The van der Waals surface area contributed by atoms with Crippen molar-refractivity contribution in [2.24, 2.45) is 5.41 Å². The maximum atomic E-state index is 6.17. The normalized spacial score (nSPS) is 12.2. The molecule has 6 heteroatoms. The van der Waals surface area contributed by atoms with Crippen LogP contribution in [0.5, 0.6) is 0 Å². The van der Waals surface area contributed by atoms with Gasteiger partial charge in [0.2, 0.25) is 0 Å². The topological polar surface area (TPSA) is 36.9 Å². The molecule has 0 heterocycles. The van der Waals surface area contributed by atoms with Gasteiger partial charge in [-0.15, -0.1) is 0 Å². The Morgan fingerprint density at radius 2 is 1.40 bits per heavy atom. The SMILES string of the molecule is CCC(COC)(COC)COCCC[Si](C)(C)O[SiH](C)C.CCCC. The molecule has 0 unspecified atom stereocenters. The molecule has 0 aromatic carbocycles. The highest BCUT2D eigenvalue weighted by molar-refractivity contribution is 6.77. The lowest BCUT2D eigenvalue weighted by atomic mass is 9.88. The van der Waals surface area contributed by atoms with E-state index in [1.54, 1.807) is 14.2 Å². The smallest absolute Gasteiger partial charge is 0.173 e. The average molecular weight is 395 g/mol. The molecule has 0 aliphatic carbocycles. The minimum absolute atomic E-state index is 0.0161. The molecular formula is C19H46O4Si2. The van der Waals surface area contributed by atoms with Crippen LogP contribution in [0.4, 0.5) is 0 Å². The van der Waals surface area contributed by atoms with Gasteiger partial charge in [0.05, 0.1) is 19.8 Å². The molecule has 0 saturated carbocycles. The van der Waals surface area contributed by atoms with Crippen molar-refractivity contribution in [2.75, 3.05) is 40.6 Å². The van der Waals surface area contributed by atoms with Crippen LogP contribution < -0.4 is 0 Å². The lowest BCUT2D eigenvalue weighted by Gasteiger charge is -2.31. The van der Waals surface area contributed by atoms with E-state index in [1.807, 2.05) is 0 Å². The zero-order valence-corrected chi connectivity index (χ0v) is 20.7. The van der Waals surface area contributed by atoms with Crippen molar-refractivity contribution in [2.45, 2.75) is 78.7 Å². The quantitative estimate of drug-likeness (QED) is 0.303. The molecule has 0 radical (unpaired) electrons. The van der Waals surface area contributed by atoms with Crippen LogP contribution >= 0.6 is 0 Å². The van der Waals surface area contributed by atoms with E-state index in [0.717, 1.165) is 19.4 Å². The highest BCUT2D eigenvalue weighted by atomic mass is 28.4. The third-order valence-electron chi connectivity index (χ3n) is 4.18. The molecule has 0 fully saturated rings. The van der Waals surface area contributed by atoms with E-state index in [2.05, 4.69) is 47.0 Å². The molecule has 0 amide bonds. The molecule has 0 N–H and O–H groups in total.